The van der Waals surface area contributed by atoms with E-state index >= 15 is 0 Å². The van der Waals surface area contributed by atoms with Crippen LogP contribution in [0.25, 0.3) is 0 Å². The maximum absolute atomic E-state index is 12.5. The van der Waals surface area contributed by atoms with Crippen molar-refractivity contribution in [3.05, 3.63) is 107 Å². The molecule has 0 amide bonds. The molecule has 0 bridgehead atoms. The Balaban J connectivity index is 1.56. The third kappa shape index (κ3) is 10.7. The smallest absolute Gasteiger partial charge is 0.211 e. The quantitative estimate of drug-likeness (QED) is 0.226. The minimum Gasteiger partial charge on any atom is -0.212 e. The Bertz CT molecular complexity index is 1230. The van der Waals surface area contributed by atoms with Gasteiger partial charge in [-0.25, -0.2) is 16.8 Å². The molecule has 0 fully saturated rings. The molecule has 0 radical (unpaired) electrons. The molecule has 0 aliphatic heterocycles. The monoisotopic (exact) mass is 556 g/mol. The number of benzene rings is 3. The zero-order valence-corrected chi connectivity index (χ0v) is 24.1. The van der Waals surface area contributed by atoms with Gasteiger partial charge in [0, 0.05) is 26.2 Å². The molecule has 8 heteroatoms. The third-order valence-electron chi connectivity index (χ3n) is 6.58. The predicted molar refractivity (Wildman–Crippen MR) is 156 cm³/mol. The Hall–Kier alpha value is -2.52. The van der Waals surface area contributed by atoms with Crippen molar-refractivity contribution in [1.82, 2.24) is 8.61 Å². The van der Waals surface area contributed by atoms with Crippen LogP contribution in [-0.4, -0.2) is 51.0 Å². The summed E-state index contributed by atoms with van der Waals surface area (Å²) in [7, 11) is -6.76. The molecule has 3 rings (SSSR count). The first-order valence-electron chi connectivity index (χ1n) is 13.2. The van der Waals surface area contributed by atoms with Crippen LogP contribution in [0.5, 0.6) is 0 Å². The van der Waals surface area contributed by atoms with Crippen molar-refractivity contribution in [3.63, 3.8) is 0 Å². The largest absolute Gasteiger partial charge is 0.212 e. The van der Waals surface area contributed by atoms with Crippen molar-refractivity contribution >= 4 is 20.0 Å². The van der Waals surface area contributed by atoms with E-state index in [1.807, 2.05) is 60.7 Å². The van der Waals surface area contributed by atoms with Gasteiger partial charge >= 0.3 is 0 Å². The summed E-state index contributed by atoms with van der Waals surface area (Å²) in [6.07, 6.45) is 7.68. The van der Waals surface area contributed by atoms with Crippen LogP contribution in [-0.2, 0) is 46.0 Å². The second-order valence-corrected chi connectivity index (χ2v) is 13.9. The molecule has 38 heavy (non-hydrogen) atoms. The SMILES string of the molecule is CS(=O)(=O)N(CCCCc1ccccc1)Cc1cccc(CN(CCCCc2ccccc2)S(C)(=O)=O)c1. The van der Waals surface area contributed by atoms with Gasteiger partial charge in [-0.3, -0.25) is 0 Å². The van der Waals surface area contributed by atoms with Gasteiger partial charge in [0.25, 0.3) is 0 Å². The van der Waals surface area contributed by atoms with Gasteiger partial charge in [0.15, 0.2) is 0 Å². The van der Waals surface area contributed by atoms with Crippen LogP contribution in [0.15, 0.2) is 84.9 Å². The number of rotatable bonds is 16. The van der Waals surface area contributed by atoms with Crippen LogP contribution in [0.2, 0.25) is 0 Å². The fraction of sp³-hybridized carbons (Fsp3) is 0.400. The van der Waals surface area contributed by atoms with Gasteiger partial charge in [-0.05, 0) is 60.8 Å². The van der Waals surface area contributed by atoms with Crippen LogP contribution in [0.1, 0.15) is 47.9 Å². The van der Waals surface area contributed by atoms with E-state index in [0.717, 1.165) is 49.7 Å². The van der Waals surface area contributed by atoms with Gasteiger partial charge in [-0.1, -0.05) is 84.9 Å². The molecule has 0 spiro atoms. The Morgan fingerprint density at radius 2 is 0.868 bits per heavy atom. The van der Waals surface area contributed by atoms with E-state index < -0.39 is 20.0 Å². The predicted octanol–water partition coefficient (Wildman–Crippen LogP) is 5.26. The number of nitrogens with zero attached hydrogens (tertiary/aromatic N) is 2. The molecular formula is C30H40N2O4S2. The Labute approximate surface area is 229 Å². The minimum atomic E-state index is -3.38. The van der Waals surface area contributed by atoms with E-state index in [1.54, 1.807) is 0 Å². The van der Waals surface area contributed by atoms with E-state index in [2.05, 4.69) is 24.3 Å². The fourth-order valence-corrected chi connectivity index (χ4v) is 6.17. The third-order valence-corrected chi connectivity index (χ3v) is 9.08. The highest BCUT2D eigenvalue weighted by Crippen LogP contribution is 2.16. The standard InChI is InChI=1S/C30H40N2O4S2/c1-37(33,34)31(22-11-9-18-27-14-5-3-6-15-27)25-29-20-13-21-30(24-29)26-32(38(2,35)36)23-12-10-19-28-16-7-4-8-17-28/h3-8,13-17,20-21,24H,9-12,18-19,22-23,25-26H2,1-2H3. The van der Waals surface area contributed by atoms with Crippen molar-refractivity contribution in [2.45, 2.75) is 51.6 Å². The van der Waals surface area contributed by atoms with E-state index in [4.69, 9.17) is 0 Å². The number of hydrogen-bond donors (Lipinski definition) is 0. The molecule has 3 aromatic rings. The first-order chi connectivity index (χ1) is 18.1. The second kappa shape index (κ2) is 14.6. The first kappa shape index (κ1) is 30.0. The molecule has 6 nitrogen and oxygen atoms in total. The molecule has 0 saturated heterocycles. The van der Waals surface area contributed by atoms with Crippen LogP contribution in [0.3, 0.4) is 0 Å². The topological polar surface area (TPSA) is 74.8 Å². The molecule has 0 N–H and O–H groups in total. The number of unbranched alkanes of at least 4 members (excludes halogenated alkanes) is 2. The van der Waals surface area contributed by atoms with Gasteiger partial charge in [0.2, 0.25) is 20.0 Å². The summed E-state index contributed by atoms with van der Waals surface area (Å²) >= 11 is 0. The summed E-state index contributed by atoms with van der Waals surface area (Å²) in [6.45, 7) is 1.45. The number of sulfonamides is 2. The maximum Gasteiger partial charge on any atom is 0.211 e. The lowest BCUT2D eigenvalue weighted by atomic mass is 10.1. The summed E-state index contributed by atoms with van der Waals surface area (Å²) in [5.74, 6) is 0. The normalized spacial score (nSPS) is 12.3. The Morgan fingerprint density at radius 1 is 0.500 bits per heavy atom. The highest BCUT2D eigenvalue weighted by Gasteiger charge is 2.19. The first-order valence-corrected chi connectivity index (χ1v) is 16.9. The van der Waals surface area contributed by atoms with Gasteiger partial charge in [-0.15, -0.1) is 0 Å². The summed E-state index contributed by atoms with van der Waals surface area (Å²) < 4.78 is 52.9. The van der Waals surface area contributed by atoms with E-state index in [1.165, 1.54) is 32.2 Å². The molecule has 0 aliphatic carbocycles. The molecule has 0 saturated carbocycles. The highest BCUT2D eigenvalue weighted by atomic mass is 32.2. The summed E-state index contributed by atoms with van der Waals surface area (Å²) in [5.41, 5.74) is 4.21. The van der Waals surface area contributed by atoms with Crippen LogP contribution < -0.4 is 0 Å². The van der Waals surface area contributed by atoms with Gasteiger partial charge in [0.1, 0.15) is 0 Å². The molecule has 0 aliphatic rings. The zero-order valence-electron chi connectivity index (χ0n) is 22.5. The maximum atomic E-state index is 12.5. The highest BCUT2D eigenvalue weighted by molar-refractivity contribution is 7.88. The Morgan fingerprint density at radius 3 is 1.24 bits per heavy atom. The zero-order chi connectivity index (χ0) is 27.4. The van der Waals surface area contributed by atoms with Gasteiger partial charge in [-0.2, -0.15) is 8.61 Å². The molecular weight excluding hydrogens is 516 g/mol. The van der Waals surface area contributed by atoms with Crippen molar-refractivity contribution < 1.29 is 16.8 Å². The van der Waals surface area contributed by atoms with E-state index in [-0.39, 0.29) is 13.1 Å². The molecule has 0 atom stereocenters. The van der Waals surface area contributed by atoms with Crippen molar-refractivity contribution in [3.8, 4) is 0 Å². The van der Waals surface area contributed by atoms with Crippen molar-refractivity contribution in [1.29, 1.82) is 0 Å². The molecule has 0 aromatic heterocycles. The molecule has 0 unspecified atom stereocenters. The summed E-state index contributed by atoms with van der Waals surface area (Å²) in [4.78, 5) is 0. The molecule has 206 valence electrons. The Kier molecular flexibility index (Phi) is 11.5. The van der Waals surface area contributed by atoms with Crippen molar-refractivity contribution in [2.75, 3.05) is 25.6 Å². The number of hydrogen-bond acceptors (Lipinski definition) is 4. The van der Waals surface area contributed by atoms with Crippen LogP contribution in [0, 0.1) is 0 Å². The number of aryl methyl sites for hydroxylation is 2. The van der Waals surface area contributed by atoms with Crippen LogP contribution in [0.4, 0.5) is 0 Å². The fourth-order valence-electron chi connectivity index (χ4n) is 4.48. The van der Waals surface area contributed by atoms with Gasteiger partial charge in [0.05, 0.1) is 12.5 Å². The van der Waals surface area contributed by atoms with Crippen molar-refractivity contribution in [2.24, 2.45) is 0 Å². The minimum absolute atomic E-state index is 0.272. The van der Waals surface area contributed by atoms with E-state index in [0.29, 0.717) is 13.1 Å². The average Bonchev–Trinajstić information content (AvgIpc) is 2.88. The summed E-state index contributed by atoms with van der Waals surface area (Å²) in [5, 5.41) is 0. The second-order valence-electron chi connectivity index (χ2n) is 9.90. The lowest BCUT2D eigenvalue weighted by Crippen LogP contribution is -2.31. The molecule has 0 heterocycles. The summed E-state index contributed by atoms with van der Waals surface area (Å²) in [6, 6.07) is 28.0. The molecule has 3 aromatic carbocycles. The van der Waals surface area contributed by atoms with Crippen LogP contribution >= 0.6 is 0 Å². The lowest BCUT2D eigenvalue weighted by molar-refractivity contribution is 0.394. The van der Waals surface area contributed by atoms with Gasteiger partial charge < -0.3 is 0 Å². The lowest BCUT2D eigenvalue weighted by Gasteiger charge is -2.22. The average molecular weight is 557 g/mol. The van der Waals surface area contributed by atoms with E-state index in [9.17, 15) is 16.8 Å².